The van der Waals surface area contributed by atoms with Gasteiger partial charge in [-0.1, -0.05) is 33.1 Å². The molecule has 0 aromatic rings. The van der Waals surface area contributed by atoms with Crippen LogP contribution in [0.4, 0.5) is 0 Å². The second kappa shape index (κ2) is 16.2. The van der Waals surface area contributed by atoms with E-state index in [1.54, 1.807) is 0 Å². The molecule has 0 fully saturated rings. The minimum Gasteiger partial charge on any atom is -0.450 e. The summed E-state index contributed by atoms with van der Waals surface area (Å²) in [5, 5.41) is 0. The van der Waals surface area contributed by atoms with Crippen molar-refractivity contribution in [2.75, 3.05) is 7.11 Å². The fourth-order valence-corrected chi connectivity index (χ4v) is 0. The Morgan fingerprint density at radius 3 is 1.62 bits per heavy atom. The van der Waals surface area contributed by atoms with Crippen molar-refractivity contribution in [2.45, 2.75) is 26.7 Å². The van der Waals surface area contributed by atoms with Crippen LogP contribution in [0.2, 0.25) is 0 Å². The molecular formula is C7H14O. The van der Waals surface area contributed by atoms with Gasteiger partial charge in [0.15, 0.2) is 0 Å². The van der Waals surface area contributed by atoms with Gasteiger partial charge in [-0.25, -0.2) is 0 Å². The van der Waals surface area contributed by atoms with Crippen LogP contribution >= 0.6 is 0 Å². The largest absolute Gasteiger partial charge is 0.450 e. The standard InChI is InChI=1S/C4H10.C3H4O/c2*1-3-4-2/h3-4H2,1-2H3;1H,2H3. The molecule has 0 N–H and O–H groups in total. The van der Waals surface area contributed by atoms with Crippen molar-refractivity contribution in [1.29, 1.82) is 0 Å². The highest BCUT2D eigenvalue weighted by Crippen LogP contribution is 1.76. The highest BCUT2D eigenvalue weighted by Gasteiger charge is 1.56. The molecule has 1 nitrogen and oxygen atoms in total. The van der Waals surface area contributed by atoms with E-state index in [9.17, 15) is 0 Å². The molecule has 48 valence electrons. The first-order chi connectivity index (χ1) is 3.83. The van der Waals surface area contributed by atoms with Crippen LogP contribution in [0.3, 0.4) is 0 Å². The number of hydrogen-bond donors (Lipinski definition) is 0. The Kier molecular flexibility index (Phi) is 21.0. The number of terminal acetylenes is 1. The van der Waals surface area contributed by atoms with E-state index >= 15 is 0 Å². The molecule has 0 saturated heterocycles. The quantitative estimate of drug-likeness (QED) is 0.474. The number of unbranched alkanes of at least 4 members (excludes halogenated alkanes) is 1. The number of methoxy groups -OCH3 is 1. The SMILES string of the molecule is C#COC.CCCC. The van der Waals surface area contributed by atoms with Crippen LogP contribution in [0.15, 0.2) is 0 Å². The van der Waals surface area contributed by atoms with Gasteiger partial charge in [0.05, 0.1) is 7.11 Å². The lowest BCUT2D eigenvalue weighted by atomic mass is 10.4. The first-order valence-electron chi connectivity index (χ1n) is 2.82. The Labute approximate surface area is 52.0 Å². The summed E-state index contributed by atoms with van der Waals surface area (Å²) in [7, 11) is 1.44. The second-order valence-electron chi connectivity index (χ2n) is 1.32. The second-order valence-corrected chi connectivity index (χ2v) is 1.32. The van der Waals surface area contributed by atoms with Crippen molar-refractivity contribution in [3.8, 4) is 12.5 Å². The van der Waals surface area contributed by atoms with Gasteiger partial charge in [0.1, 0.15) is 6.11 Å². The van der Waals surface area contributed by atoms with Crippen LogP contribution in [-0.4, -0.2) is 7.11 Å². The molecule has 1 heteroatoms. The van der Waals surface area contributed by atoms with E-state index in [0.717, 1.165) is 0 Å². The van der Waals surface area contributed by atoms with Crippen LogP contribution in [0.1, 0.15) is 26.7 Å². The summed E-state index contributed by atoms with van der Waals surface area (Å²) in [6.07, 6.45) is 9.12. The van der Waals surface area contributed by atoms with Crippen molar-refractivity contribution in [1.82, 2.24) is 0 Å². The van der Waals surface area contributed by atoms with E-state index in [0.29, 0.717) is 0 Å². The molecule has 8 heavy (non-hydrogen) atoms. The number of ether oxygens (including phenoxy) is 1. The summed E-state index contributed by atoms with van der Waals surface area (Å²) in [6, 6.07) is 0. The van der Waals surface area contributed by atoms with E-state index in [1.165, 1.54) is 20.0 Å². The Morgan fingerprint density at radius 2 is 1.62 bits per heavy atom. The maximum Gasteiger partial charge on any atom is 0.106 e. The lowest BCUT2D eigenvalue weighted by Gasteiger charge is -1.68. The summed E-state index contributed by atoms with van der Waals surface area (Å²) in [4.78, 5) is 0. The average Bonchev–Trinajstić information content (AvgIpc) is 1.88. The molecule has 0 aliphatic heterocycles. The van der Waals surface area contributed by atoms with E-state index in [-0.39, 0.29) is 0 Å². The van der Waals surface area contributed by atoms with Gasteiger partial charge in [-0.3, -0.25) is 0 Å². The predicted molar refractivity (Wildman–Crippen MR) is 36.4 cm³/mol. The lowest BCUT2D eigenvalue weighted by Crippen LogP contribution is -1.55. The van der Waals surface area contributed by atoms with Gasteiger partial charge in [0.2, 0.25) is 0 Å². The summed E-state index contributed by atoms with van der Waals surface area (Å²) in [6.45, 7) is 4.36. The normalized spacial score (nSPS) is 5.75. The van der Waals surface area contributed by atoms with E-state index in [1.807, 2.05) is 6.11 Å². The minimum atomic E-state index is 1.32. The Hall–Kier alpha value is -0.640. The summed E-state index contributed by atoms with van der Waals surface area (Å²) >= 11 is 0. The monoisotopic (exact) mass is 114 g/mol. The molecule has 0 aromatic heterocycles. The predicted octanol–water partition coefficient (Wildman–Crippen LogP) is 2.03. The number of rotatable bonds is 1. The van der Waals surface area contributed by atoms with Crippen LogP contribution < -0.4 is 0 Å². The van der Waals surface area contributed by atoms with Gasteiger partial charge < -0.3 is 4.74 Å². The van der Waals surface area contributed by atoms with E-state index in [4.69, 9.17) is 0 Å². The first kappa shape index (κ1) is 10.4. The van der Waals surface area contributed by atoms with E-state index < -0.39 is 0 Å². The fraction of sp³-hybridized carbons (Fsp3) is 0.714. The lowest BCUT2D eigenvalue weighted by molar-refractivity contribution is 0.373. The molecule has 0 aromatic carbocycles. The van der Waals surface area contributed by atoms with Gasteiger partial charge in [-0.05, 0) is 0 Å². The fourth-order valence-electron chi connectivity index (χ4n) is 0. The molecule has 0 aliphatic rings. The molecule has 0 amide bonds. The topological polar surface area (TPSA) is 9.23 Å². The molecule has 0 bridgehead atoms. The Bertz CT molecular complexity index is 49.9. The minimum absolute atomic E-state index is 1.32. The van der Waals surface area contributed by atoms with Gasteiger partial charge in [0.25, 0.3) is 0 Å². The average molecular weight is 114 g/mol. The third-order valence-corrected chi connectivity index (χ3v) is 0.618. The zero-order chi connectivity index (χ0) is 6.83. The van der Waals surface area contributed by atoms with Crippen molar-refractivity contribution in [2.24, 2.45) is 0 Å². The van der Waals surface area contributed by atoms with Crippen LogP contribution in [0.25, 0.3) is 0 Å². The molecule has 0 heterocycles. The van der Waals surface area contributed by atoms with Gasteiger partial charge in [-0.15, -0.1) is 0 Å². The molecule has 0 rings (SSSR count). The molecule has 0 spiro atoms. The van der Waals surface area contributed by atoms with Crippen molar-refractivity contribution in [3.63, 3.8) is 0 Å². The van der Waals surface area contributed by atoms with Gasteiger partial charge >= 0.3 is 0 Å². The molecule has 0 atom stereocenters. The van der Waals surface area contributed by atoms with Crippen molar-refractivity contribution >= 4 is 0 Å². The molecule has 0 unspecified atom stereocenters. The number of hydrogen-bond acceptors (Lipinski definition) is 1. The maximum absolute atomic E-state index is 4.56. The van der Waals surface area contributed by atoms with Gasteiger partial charge in [-0.2, -0.15) is 0 Å². The molecule has 0 radical (unpaired) electrons. The van der Waals surface area contributed by atoms with Crippen LogP contribution in [-0.2, 0) is 4.74 Å². The first-order valence-corrected chi connectivity index (χ1v) is 2.82. The van der Waals surface area contributed by atoms with Crippen molar-refractivity contribution in [3.05, 3.63) is 0 Å². The maximum atomic E-state index is 4.56. The van der Waals surface area contributed by atoms with E-state index in [2.05, 4.69) is 25.0 Å². The van der Waals surface area contributed by atoms with Crippen molar-refractivity contribution < 1.29 is 4.74 Å². The third kappa shape index (κ3) is 55.1. The van der Waals surface area contributed by atoms with Crippen LogP contribution in [0, 0.1) is 12.5 Å². The zero-order valence-electron chi connectivity index (χ0n) is 5.90. The summed E-state index contributed by atoms with van der Waals surface area (Å²) < 4.78 is 4.07. The molecular weight excluding hydrogens is 100 g/mol. The third-order valence-electron chi connectivity index (χ3n) is 0.618. The Morgan fingerprint density at radius 1 is 1.38 bits per heavy atom. The molecule has 0 aliphatic carbocycles. The Balaban J connectivity index is 0. The zero-order valence-corrected chi connectivity index (χ0v) is 5.90. The van der Waals surface area contributed by atoms with Crippen LogP contribution in [0.5, 0.6) is 0 Å². The highest BCUT2D eigenvalue weighted by atomic mass is 16.5. The van der Waals surface area contributed by atoms with Gasteiger partial charge in [0, 0.05) is 0 Å². The highest BCUT2D eigenvalue weighted by molar-refractivity contribution is 4.65. The molecule has 0 saturated carbocycles. The summed E-state index contributed by atoms with van der Waals surface area (Å²) in [5.41, 5.74) is 0. The smallest absolute Gasteiger partial charge is 0.106 e. The summed E-state index contributed by atoms with van der Waals surface area (Å²) in [5.74, 6) is 0.